The van der Waals surface area contributed by atoms with Crippen LogP contribution in [-0.2, 0) is 4.79 Å². The Morgan fingerprint density at radius 1 is 1.58 bits per heavy atom. The van der Waals surface area contributed by atoms with E-state index in [1.54, 1.807) is 7.05 Å². The molecule has 2 N–H and O–H groups in total. The highest BCUT2D eigenvalue weighted by molar-refractivity contribution is 5.78. The smallest absolute Gasteiger partial charge is 0.238 e. The molecule has 0 aromatic carbocycles. The second kappa shape index (κ2) is 4.42. The molecular weight excluding hydrogens is 154 g/mol. The van der Waals surface area contributed by atoms with E-state index in [-0.39, 0.29) is 11.8 Å². The molecule has 12 heavy (non-hydrogen) atoms. The van der Waals surface area contributed by atoms with Crippen LogP contribution in [0, 0.1) is 5.92 Å². The van der Waals surface area contributed by atoms with Gasteiger partial charge in [-0.1, -0.05) is 0 Å². The molecule has 4 nitrogen and oxygen atoms in total. The fourth-order valence-electron chi connectivity index (χ4n) is 1.61. The number of amides is 1. The van der Waals surface area contributed by atoms with Crippen LogP contribution in [0.3, 0.4) is 0 Å². The monoisotopic (exact) mass is 171 g/mol. The molecule has 0 spiro atoms. The minimum absolute atomic E-state index is 0.115. The number of carbonyl (C=O) groups is 1. The summed E-state index contributed by atoms with van der Waals surface area (Å²) < 4.78 is 0. The normalized spacial score (nSPS) is 25.3. The van der Waals surface area contributed by atoms with Crippen molar-refractivity contribution >= 4 is 5.91 Å². The van der Waals surface area contributed by atoms with Crippen molar-refractivity contribution in [1.29, 1.82) is 0 Å². The van der Waals surface area contributed by atoms with Gasteiger partial charge in [0.2, 0.25) is 5.91 Å². The molecule has 0 saturated carbocycles. The van der Waals surface area contributed by atoms with Crippen LogP contribution < -0.4 is 10.9 Å². The van der Waals surface area contributed by atoms with Gasteiger partial charge in [-0.25, -0.2) is 5.43 Å². The van der Waals surface area contributed by atoms with Crippen LogP contribution in [-0.4, -0.2) is 38.0 Å². The van der Waals surface area contributed by atoms with Gasteiger partial charge in [0.1, 0.15) is 0 Å². The van der Waals surface area contributed by atoms with Crippen LogP contribution in [0.1, 0.15) is 12.8 Å². The Hall–Kier alpha value is -0.610. The number of piperidine rings is 1. The third-order valence-corrected chi connectivity index (χ3v) is 2.24. The standard InChI is InChI=1S/C8H17N3O/c1-9-10-8(12)7-4-3-5-11(2)6-7/h7,9H,3-6H2,1-2H3,(H,10,12). The maximum absolute atomic E-state index is 11.3. The summed E-state index contributed by atoms with van der Waals surface area (Å²) in [5.74, 6) is 0.278. The first-order valence-corrected chi connectivity index (χ1v) is 4.39. The van der Waals surface area contributed by atoms with Crippen molar-refractivity contribution < 1.29 is 4.79 Å². The van der Waals surface area contributed by atoms with Crippen molar-refractivity contribution in [2.45, 2.75) is 12.8 Å². The zero-order valence-electron chi connectivity index (χ0n) is 7.76. The average Bonchev–Trinajstić information content (AvgIpc) is 2.05. The van der Waals surface area contributed by atoms with E-state index in [9.17, 15) is 4.79 Å². The first kappa shape index (κ1) is 9.48. The topological polar surface area (TPSA) is 44.4 Å². The lowest BCUT2D eigenvalue weighted by atomic mass is 9.98. The molecule has 1 saturated heterocycles. The highest BCUT2D eigenvalue weighted by atomic mass is 16.2. The molecule has 70 valence electrons. The maximum Gasteiger partial charge on any atom is 0.238 e. The van der Waals surface area contributed by atoms with Gasteiger partial charge in [-0.2, -0.15) is 0 Å². The Labute approximate surface area is 73.3 Å². The van der Waals surface area contributed by atoms with Gasteiger partial charge in [-0.15, -0.1) is 0 Å². The van der Waals surface area contributed by atoms with E-state index < -0.39 is 0 Å². The van der Waals surface area contributed by atoms with Crippen molar-refractivity contribution in [1.82, 2.24) is 15.8 Å². The van der Waals surface area contributed by atoms with Gasteiger partial charge < -0.3 is 4.90 Å². The molecule has 1 heterocycles. The summed E-state index contributed by atoms with van der Waals surface area (Å²) in [4.78, 5) is 13.5. The molecule has 0 bridgehead atoms. The second-order valence-electron chi connectivity index (χ2n) is 3.34. The molecule has 0 radical (unpaired) electrons. The van der Waals surface area contributed by atoms with Crippen molar-refractivity contribution in [2.24, 2.45) is 5.92 Å². The van der Waals surface area contributed by atoms with Gasteiger partial charge in [0, 0.05) is 13.6 Å². The lowest BCUT2D eigenvalue weighted by Crippen LogP contribution is -2.45. The number of nitrogens with one attached hydrogen (secondary N) is 2. The number of carbonyl (C=O) groups excluding carboxylic acids is 1. The van der Waals surface area contributed by atoms with Crippen LogP contribution in [0.2, 0.25) is 0 Å². The fraction of sp³-hybridized carbons (Fsp3) is 0.875. The Balaban J connectivity index is 2.35. The van der Waals surface area contributed by atoms with Crippen LogP contribution in [0.5, 0.6) is 0 Å². The summed E-state index contributed by atoms with van der Waals surface area (Å²) in [5, 5.41) is 0. The van der Waals surface area contributed by atoms with Gasteiger partial charge in [-0.05, 0) is 26.4 Å². The molecule has 1 aliphatic rings. The third-order valence-electron chi connectivity index (χ3n) is 2.24. The molecule has 1 aliphatic heterocycles. The average molecular weight is 171 g/mol. The predicted octanol–water partition coefficient (Wildman–Crippen LogP) is -0.421. The van der Waals surface area contributed by atoms with Crippen molar-refractivity contribution in [3.05, 3.63) is 0 Å². The highest BCUT2D eigenvalue weighted by Crippen LogP contribution is 2.14. The van der Waals surface area contributed by atoms with Gasteiger partial charge in [0.15, 0.2) is 0 Å². The van der Waals surface area contributed by atoms with Gasteiger partial charge in [0.05, 0.1) is 5.92 Å². The van der Waals surface area contributed by atoms with Gasteiger partial charge in [-0.3, -0.25) is 10.2 Å². The molecule has 1 amide bonds. The summed E-state index contributed by atoms with van der Waals surface area (Å²) in [6.45, 7) is 2.00. The first-order chi connectivity index (χ1) is 5.74. The van der Waals surface area contributed by atoms with Gasteiger partial charge in [0.25, 0.3) is 0 Å². The third kappa shape index (κ3) is 2.46. The lowest BCUT2D eigenvalue weighted by Gasteiger charge is -2.28. The molecular formula is C8H17N3O. The number of nitrogens with zero attached hydrogens (tertiary/aromatic N) is 1. The molecule has 1 atom stereocenters. The van der Waals surface area contributed by atoms with Crippen LogP contribution in [0.4, 0.5) is 0 Å². The molecule has 0 aliphatic carbocycles. The first-order valence-electron chi connectivity index (χ1n) is 4.39. The van der Waals surface area contributed by atoms with E-state index in [4.69, 9.17) is 0 Å². The number of hydrogen-bond donors (Lipinski definition) is 2. The molecule has 0 aromatic rings. The molecule has 0 aromatic heterocycles. The summed E-state index contributed by atoms with van der Waals surface area (Å²) in [5.41, 5.74) is 5.28. The summed E-state index contributed by atoms with van der Waals surface area (Å²) in [7, 11) is 3.77. The van der Waals surface area contributed by atoms with E-state index in [0.717, 1.165) is 25.9 Å². The lowest BCUT2D eigenvalue weighted by molar-refractivity contribution is -0.127. The van der Waals surface area contributed by atoms with E-state index >= 15 is 0 Å². The van der Waals surface area contributed by atoms with Crippen molar-refractivity contribution in [2.75, 3.05) is 27.2 Å². The second-order valence-corrected chi connectivity index (χ2v) is 3.34. The largest absolute Gasteiger partial charge is 0.306 e. The zero-order chi connectivity index (χ0) is 8.97. The summed E-state index contributed by atoms with van der Waals surface area (Å²) >= 11 is 0. The van der Waals surface area contributed by atoms with Crippen molar-refractivity contribution in [3.8, 4) is 0 Å². The van der Waals surface area contributed by atoms with E-state index in [1.807, 2.05) is 0 Å². The Bertz CT molecular complexity index is 160. The van der Waals surface area contributed by atoms with E-state index in [1.165, 1.54) is 0 Å². The quantitative estimate of drug-likeness (QED) is 0.555. The maximum atomic E-state index is 11.3. The highest BCUT2D eigenvalue weighted by Gasteiger charge is 2.23. The number of hydrazine groups is 1. The number of rotatable bonds is 2. The number of likely N-dealkylation sites (tertiary alicyclic amines) is 1. The predicted molar refractivity (Wildman–Crippen MR) is 47.4 cm³/mol. The van der Waals surface area contributed by atoms with Crippen LogP contribution >= 0.6 is 0 Å². The fourth-order valence-corrected chi connectivity index (χ4v) is 1.61. The molecule has 1 unspecified atom stereocenters. The SMILES string of the molecule is CNNC(=O)C1CCCN(C)C1. The van der Waals surface area contributed by atoms with E-state index in [0.29, 0.717) is 0 Å². The molecule has 1 rings (SSSR count). The Morgan fingerprint density at radius 2 is 2.33 bits per heavy atom. The van der Waals surface area contributed by atoms with Crippen molar-refractivity contribution in [3.63, 3.8) is 0 Å². The zero-order valence-corrected chi connectivity index (χ0v) is 7.76. The Morgan fingerprint density at radius 3 is 2.92 bits per heavy atom. The minimum Gasteiger partial charge on any atom is -0.306 e. The molecule has 1 fully saturated rings. The Kier molecular flexibility index (Phi) is 3.49. The number of hydrogen-bond acceptors (Lipinski definition) is 3. The minimum atomic E-state index is 0.115. The summed E-state index contributed by atoms with van der Waals surface area (Å²) in [6, 6.07) is 0. The molecule has 4 heteroatoms. The van der Waals surface area contributed by atoms with Crippen LogP contribution in [0.15, 0.2) is 0 Å². The van der Waals surface area contributed by atoms with E-state index in [2.05, 4.69) is 22.8 Å². The summed E-state index contributed by atoms with van der Waals surface area (Å²) in [6.07, 6.45) is 2.14. The van der Waals surface area contributed by atoms with Crippen LogP contribution in [0.25, 0.3) is 0 Å². The van der Waals surface area contributed by atoms with Gasteiger partial charge >= 0.3 is 0 Å².